The lowest BCUT2D eigenvalue weighted by Crippen LogP contribution is -2.26. The molecule has 3 N–H and O–H groups in total. The zero-order valence-corrected chi connectivity index (χ0v) is 10.3. The molecule has 2 heterocycles. The molecule has 3 atom stereocenters. The second-order valence-corrected chi connectivity index (χ2v) is 5.19. The van der Waals surface area contributed by atoms with E-state index < -0.39 is 20.0 Å². The van der Waals surface area contributed by atoms with Crippen molar-refractivity contribution in [3.63, 3.8) is 0 Å². The highest BCUT2D eigenvalue weighted by Gasteiger charge is 2.39. The van der Waals surface area contributed by atoms with E-state index in [1.807, 2.05) is 0 Å². The van der Waals surface area contributed by atoms with Gasteiger partial charge in [0.25, 0.3) is 0 Å². The van der Waals surface area contributed by atoms with Gasteiger partial charge in [0.1, 0.15) is 12.2 Å². The predicted octanol–water partition coefficient (Wildman–Crippen LogP) is 0.382. The first-order valence-electron chi connectivity index (χ1n) is 5.40. The fraction of sp³-hybridized carbons (Fsp3) is 0.500. The van der Waals surface area contributed by atoms with Crippen molar-refractivity contribution in [2.75, 3.05) is 6.61 Å². The summed E-state index contributed by atoms with van der Waals surface area (Å²) in [5.74, 6) is 0. The second-order valence-electron chi connectivity index (χ2n) is 4.00. The molecule has 0 radical (unpaired) electrons. The Kier molecular flexibility index (Phi) is 4.11. The molecule has 0 amide bonds. The van der Waals surface area contributed by atoms with E-state index in [9.17, 15) is 4.57 Å². The Morgan fingerprint density at radius 3 is 2.89 bits per heavy atom. The average Bonchev–Trinajstić information content (AvgIpc) is 2.71. The van der Waals surface area contributed by atoms with Gasteiger partial charge >= 0.3 is 7.82 Å². The van der Waals surface area contributed by atoms with Crippen LogP contribution < -0.4 is 0 Å². The Balaban J connectivity index is 2.09. The highest BCUT2D eigenvalue weighted by molar-refractivity contribution is 7.46. The van der Waals surface area contributed by atoms with Crippen LogP contribution in [0.3, 0.4) is 0 Å². The van der Waals surface area contributed by atoms with Gasteiger partial charge in [-0.2, -0.15) is 0 Å². The molecule has 1 saturated heterocycles. The van der Waals surface area contributed by atoms with E-state index in [1.165, 1.54) is 0 Å². The van der Waals surface area contributed by atoms with Gasteiger partial charge in [0.05, 0.1) is 12.7 Å². The van der Waals surface area contributed by atoms with Crippen LogP contribution in [-0.2, 0) is 13.8 Å². The third-order valence-corrected chi connectivity index (χ3v) is 3.25. The van der Waals surface area contributed by atoms with E-state index in [1.54, 1.807) is 24.5 Å². The standard InChI is InChI=1S/C10H14NO6P/c12-6-10-9(17-18(13,14)15)4-8(16-10)7-2-1-3-11-5-7/h1-3,5,8-10,12H,4,6H2,(H2,13,14,15)/t8-,9+,10-/m1/s1. The van der Waals surface area contributed by atoms with Gasteiger partial charge in [-0.3, -0.25) is 9.51 Å². The molecule has 100 valence electrons. The highest BCUT2D eigenvalue weighted by Crippen LogP contribution is 2.44. The maximum absolute atomic E-state index is 10.8. The van der Waals surface area contributed by atoms with E-state index in [4.69, 9.17) is 19.6 Å². The molecule has 0 saturated carbocycles. The minimum Gasteiger partial charge on any atom is -0.394 e. The Morgan fingerprint density at radius 1 is 1.56 bits per heavy atom. The van der Waals surface area contributed by atoms with E-state index in [2.05, 4.69) is 9.51 Å². The summed E-state index contributed by atoms with van der Waals surface area (Å²) < 4.78 is 20.9. The predicted molar refractivity (Wildman–Crippen MR) is 60.5 cm³/mol. The molecule has 1 aromatic rings. The van der Waals surface area contributed by atoms with Crippen molar-refractivity contribution in [3.05, 3.63) is 30.1 Å². The van der Waals surface area contributed by atoms with Crippen LogP contribution in [0, 0.1) is 0 Å². The zero-order chi connectivity index (χ0) is 13.2. The summed E-state index contributed by atoms with van der Waals surface area (Å²) in [6.07, 6.45) is 1.53. The normalized spacial score (nSPS) is 28.5. The number of hydrogen-bond acceptors (Lipinski definition) is 5. The molecule has 1 aliphatic heterocycles. The molecule has 0 aromatic carbocycles. The highest BCUT2D eigenvalue weighted by atomic mass is 31.2. The molecule has 1 fully saturated rings. The molecule has 0 bridgehead atoms. The van der Waals surface area contributed by atoms with Gasteiger partial charge in [0, 0.05) is 18.8 Å². The lowest BCUT2D eigenvalue weighted by Gasteiger charge is -2.16. The number of hydrogen-bond donors (Lipinski definition) is 3. The van der Waals surface area contributed by atoms with Crippen molar-refractivity contribution in [3.8, 4) is 0 Å². The van der Waals surface area contributed by atoms with Crippen LogP contribution in [0.15, 0.2) is 24.5 Å². The van der Waals surface area contributed by atoms with Crippen LogP contribution in [0.4, 0.5) is 0 Å². The van der Waals surface area contributed by atoms with Gasteiger partial charge in [-0.25, -0.2) is 4.57 Å². The van der Waals surface area contributed by atoms with Crippen molar-refractivity contribution in [1.82, 2.24) is 4.98 Å². The number of pyridine rings is 1. The third-order valence-electron chi connectivity index (χ3n) is 2.71. The Morgan fingerprint density at radius 2 is 2.33 bits per heavy atom. The van der Waals surface area contributed by atoms with E-state index >= 15 is 0 Å². The molecule has 8 heteroatoms. The first-order valence-corrected chi connectivity index (χ1v) is 6.93. The summed E-state index contributed by atoms with van der Waals surface area (Å²) in [4.78, 5) is 21.5. The van der Waals surface area contributed by atoms with E-state index in [-0.39, 0.29) is 19.1 Å². The lowest BCUT2D eigenvalue weighted by molar-refractivity contribution is -0.0222. The molecular weight excluding hydrogens is 261 g/mol. The van der Waals surface area contributed by atoms with Crippen molar-refractivity contribution >= 4 is 7.82 Å². The van der Waals surface area contributed by atoms with Gasteiger partial charge in [0.15, 0.2) is 0 Å². The maximum Gasteiger partial charge on any atom is 0.469 e. The van der Waals surface area contributed by atoms with Crippen LogP contribution in [0.1, 0.15) is 18.1 Å². The zero-order valence-electron chi connectivity index (χ0n) is 9.42. The summed E-state index contributed by atoms with van der Waals surface area (Å²) in [6.45, 7) is -0.360. The Labute approximate surface area is 104 Å². The molecule has 0 spiro atoms. The molecular formula is C10H14NO6P. The van der Waals surface area contributed by atoms with Crippen LogP contribution in [0.2, 0.25) is 0 Å². The molecule has 7 nitrogen and oxygen atoms in total. The Bertz CT molecular complexity index is 435. The van der Waals surface area contributed by atoms with Crippen LogP contribution in [-0.4, -0.2) is 38.7 Å². The summed E-state index contributed by atoms with van der Waals surface area (Å²) >= 11 is 0. The van der Waals surface area contributed by atoms with E-state index in [0.29, 0.717) is 0 Å². The van der Waals surface area contributed by atoms with Crippen LogP contribution in [0.5, 0.6) is 0 Å². The molecule has 0 aliphatic carbocycles. The van der Waals surface area contributed by atoms with Gasteiger partial charge in [0.2, 0.25) is 0 Å². The summed E-state index contributed by atoms with van der Waals surface area (Å²) in [5, 5.41) is 9.12. The molecule has 1 aliphatic rings. The number of rotatable bonds is 4. The van der Waals surface area contributed by atoms with Gasteiger partial charge < -0.3 is 19.6 Å². The van der Waals surface area contributed by atoms with Gasteiger partial charge in [-0.1, -0.05) is 6.07 Å². The largest absolute Gasteiger partial charge is 0.469 e. The number of aliphatic hydroxyl groups excluding tert-OH is 1. The average molecular weight is 275 g/mol. The summed E-state index contributed by atoms with van der Waals surface area (Å²) in [7, 11) is -4.59. The molecule has 1 aromatic heterocycles. The van der Waals surface area contributed by atoms with Crippen molar-refractivity contribution in [1.29, 1.82) is 0 Å². The fourth-order valence-corrected chi connectivity index (χ4v) is 2.52. The number of ether oxygens (including phenoxy) is 1. The fourth-order valence-electron chi connectivity index (χ4n) is 1.95. The molecule has 2 rings (SSSR count). The van der Waals surface area contributed by atoms with Gasteiger partial charge in [-0.15, -0.1) is 0 Å². The molecule has 18 heavy (non-hydrogen) atoms. The van der Waals surface area contributed by atoms with Gasteiger partial charge in [-0.05, 0) is 11.6 Å². The summed E-state index contributed by atoms with van der Waals surface area (Å²) in [5.41, 5.74) is 0.785. The second kappa shape index (κ2) is 5.44. The van der Waals surface area contributed by atoms with E-state index in [0.717, 1.165) is 5.56 Å². The van der Waals surface area contributed by atoms with Crippen molar-refractivity contribution in [2.24, 2.45) is 0 Å². The SMILES string of the molecule is O=P(O)(O)O[C@H]1C[C@H](c2cccnc2)O[C@@H]1CO. The number of aromatic nitrogens is 1. The number of nitrogens with zero attached hydrogens (tertiary/aromatic N) is 1. The quantitative estimate of drug-likeness (QED) is 0.681. The van der Waals surface area contributed by atoms with Crippen LogP contribution >= 0.6 is 7.82 Å². The topological polar surface area (TPSA) is 109 Å². The number of aliphatic hydroxyl groups is 1. The first kappa shape index (κ1) is 13.6. The summed E-state index contributed by atoms with van der Waals surface area (Å²) in [6, 6.07) is 3.54. The minimum absolute atomic E-state index is 0.266. The minimum atomic E-state index is -4.59. The maximum atomic E-state index is 10.8. The Hall–Kier alpha value is -0.820. The van der Waals surface area contributed by atoms with Crippen molar-refractivity contribution in [2.45, 2.75) is 24.7 Å². The number of phosphoric ester groups is 1. The third kappa shape index (κ3) is 3.35. The van der Waals surface area contributed by atoms with Crippen molar-refractivity contribution < 1.29 is 28.7 Å². The molecule has 0 unspecified atom stereocenters. The monoisotopic (exact) mass is 275 g/mol. The smallest absolute Gasteiger partial charge is 0.394 e. The first-order chi connectivity index (χ1) is 8.49. The number of phosphoric acid groups is 1. The van der Waals surface area contributed by atoms with Crippen LogP contribution in [0.25, 0.3) is 0 Å². The lowest BCUT2D eigenvalue weighted by atomic mass is 10.1.